The minimum Gasteiger partial charge on any atom is -0.335 e. The highest BCUT2D eigenvalue weighted by molar-refractivity contribution is 5.84. The lowest BCUT2D eigenvalue weighted by atomic mass is 9.94. The first-order valence-corrected chi connectivity index (χ1v) is 5.71. The van der Waals surface area contributed by atoms with Gasteiger partial charge in [0.25, 0.3) is 0 Å². The normalized spacial score (nSPS) is 29.3. The molecule has 0 spiro atoms. The molecule has 2 unspecified atom stereocenters. The fourth-order valence-electron chi connectivity index (χ4n) is 2.53. The zero-order chi connectivity index (χ0) is 13.6. The number of nitrogens with zero attached hydrogens (tertiary/aromatic N) is 1. The molecule has 0 aliphatic carbocycles. The van der Waals surface area contributed by atoms with Gasteiger partial charge in [-0.15, -0.1) is 0 Å². The van der Waals surface area contributed by atoms with Crippen molar-refractivity contribution in [3.63, 3.8) is 0 Å². The Hall–Kier alpha value is -0.920. The van der Waals surface area contributed by atoms with Crippen molar-refractivity contribution < 1.29 is 26.7 Å². The lowest BCUT2D eigenvalue weighted by Crippen LogP contribution is -2.52. The van der Waals surface area contributed by atoms with E-state index in [1.165, 1.54) is 0 Å². The van der Waals surface area contributed by atoms with E-state index in [4.69, 9.17) is 0 Å². The van der Waals surface area contributed by atoms with Crippen molar-refractivity contribution in [1.82, 2.24) is 10.2 Å². The molecule has 18 heavy (non-hydrogen) atoms. The highest BCUT2D eigenvalue weighted by Crippen LogP contribution is 2.38. The number of likely N-dealkylation sites (tertiary alicyclic amines) is 1. The molecule has 2 atom stereocenters. The number of fused-ring (bicyclic) bond motifs is 1. The van der Waals surface area contributed by atoms with Gasteiger partial charge in [0, 0.05) is 19.1 Å². The molecule has 8 heteroatoms. The summed E-state index contributed by atoms with van der Waals surface area (Å²) >= 11 is 0. The SMILES string of the molecule is O=C(N1CC2CCCNC2C1)C(F)(F)C(F)(F)F. The first-order chi connectivity index (χ1) is 8.23. The molecule has 2 heterocycles. The van der Waals surface area contributed by atoms with Gasteiger partial charge in [0.05, 0.1) is 0 Å². The van der Waals surface area contributed by atoms with E-state index in [0.29, 0.717) is 11.4 Å². The fraction of sp³-hybridized carbons (Fsp3) is 0.900. The van der Waals surface area contributed by atoms with Crippen molar-refractivity contribution in [3.05, 3.63) is 0 Å². The van der Waals surface area contributed by atoms with Gasteiger partial charge in [0.2, 0.25) is 0 Å². The molecule has 2 saturated heterocycles. The third kappa shape index (κ3) is 2.17. The van der Waals surface area contributed by atoms with E-state index in [1.54, 1.807) is 0 Å². The van der Waals surface area contributed by atoms with Gasteiger partial charge in [-0.1, -0.05) is 0 Å². The molecule has 0 aromatic heterocycles. The Morgan fingerprint density at radius 2 is 1.83 bits per heavy atom. The maximum absolute atomic E-state index is 12.9. The molecule has 0 saturated carbocycles. The van der Waals surface area contributed by atoms with Gasteiger partial charge >= 0.3 is 18.0 Å². The third-order valence-corrected chi connectivity index (χ3v) is 3.51. The van der Waals surface area contributed by atoms with Gasteiger partial charge in [-0.2, -0.15) is 22.0 Å². The van der Waals surface area contributed by atoms with Crippen LogP contribution in [-0.2, 0) is 4.79 Å². The fourth-order valence-corrected chi connectivity index (χ4v) is 2.53. The lowest BCUT2D eigenvalue weighted by Gasteiger charge is -2.24. The van der Waals surface area contributed by atoms with Crippen LogP contribution in [0.15, 0.2) is 0 Å². The number of carbonyl (C=O) groups is 1. The monoisotopic (exact) mass is 272 g/mol. The van der Waals surface area contributed by atoms with E-state index >= 15 is 0 Å². The van der Waals surface area contributed by atoms with E-state index in [1.807, 2.05) is 0 Å². The van der Waals surface area contributed by atoms with Gasteiger partial charge in [0.15, 0.2) is 0 Å². The van der Waals surface area contributed by atoms with E-state index < -0.39 is 18.0 Å². The van der Waals surface area contributed by atoms with E-state index in [2.05, 4.69) is 5.32 Å². The van der Waals surface area contributed by atoms with Crippen molar-refractivity contribution >= 4 is 5.91 Å². The van der Waals surface area contributed by atoms with Gasteiger partial charge in [-0.05, 0) is 25.3 Å². The van der Waals surface area contributed by atoms with Crippen LogP contribution in [0.25, 0.3) is 0 Å². The zero-order valence-corrected chi connectivity index (χ0v) is 9.44. The summed E-state index contributed by atoms with van der Waals surface area (Å²) in [7, 11) is 0. The minimum atomic E-state index is -5.83. The molecule has 0 bridgehead atoms. The number of piperidine rings is 1. The molecule has 104 valence electrons. The number of alkyl halides is 5. The molecular formula is C10H13F5N2O. The van der Waals surface area contributed by atoms with Crippen LogP contribution in [0.3, 0.4) is 0 Å². The average Bonchev–Trinajstić information content (AvgIpc) is 2.69. The number of hydrogen-bond donors (Lipinski definition) is 1. The Labute approximate surface area is 100 Å². The molecule has 3 nitrogen and oxygen atoms in total. The molecule has 2 aliphatic heterocycles. The standard InChI is InChI=1S/C10H13F5N2O/c11-9(12,10(13,14)15)8(18)17-4-6-2-1-3-16-7(6)5-17/h6-7,16H,1-5H2. The van der Waals surface area contributed by atoms with Crippen molar-refractivity contribution in [3.8, 4) is 0 Å². The molecule has 1 N–H and O–H groups in total. The van der Waals surface area contributed by atoms with Crippen LogP contribution in [-0.4, -0.2) is 48.6 Å². The number of amides is 1. The van der Waals surface area contributed by atoms with E-state index in [9.17, 15) is 26.7 Å². The molecule has 0 radical (unpaired) electrons. The minimum absolute atomic E-state index is 0.0215. The van der Waals surface area contributed by atoms with Crippen molar-refractivity contribution in [2.75, 3.05) is 19.6 Å². The Kier molecular flexibility index (Phi) is 3.25. The number of hydrogen-bond acceptors (Lipinski definition) is 2. The molecule has 0 aromatic carbocycles. The lowest BCUT2D eigenvalue weighted by molar-refractivity contribution is -0.274. The maximum Gasteiger partial charge on any atom is 0.463 e. The van der Waals surface area contributed by atoms with Crippen LogP contribution in [0, 0.1) is 5.92 Å². The van der Waals surface area contributed by atoms with Crippen LogP contribution in [0.4, 0.5) is 22.0 Å². The van der Waals surface area contributed by atoms with Crippen molar-refractivity contribution in [2.45, 2.75) is 31.0 Å². The largest absolute Gasteiger partial charge is 0.463 e. The summed E-state index contributed by atoms with van der Waals surface area (Å²) in [6.07, 6.45) is -4.23. The second-order valence-corrected chi connectivity index (χ2v) is 4.75. The van der Waals surface area contributed by atoms with Crippen LogP contribution in [0.2, 0.25) is 0 Å². The number of nitrogens with one attached hydrogen (secondary N) is 1. The Balaban J connectivity index is 2.07. The molecule has 2 fully saturated rings. The Morgan fingerprint density at radius 1 is 1.17 bits per heavy atom. The predicted molar refractivity (Wildman–Crippen MR) is 52.1 cm³/mol. The van der Waals surface area contributed by atoms with Crippen LogP contribution < -0.4 is 5.32 Å². The summed E-state index contributed by atoms with van der Waals surface area (Å²) in [6, 6.07) is -0.160. The van der Waals surface area contributed by atoms with Gasteiger partial charge in [-0.25, -0.2) is 0 Å². The van der Waals surface area contributed by atoms with Crippen LogP contribution in [0.1, 0.15) is 12.8 Å². The second kappa shape index (κ2) is 4.32. The predicted octanol–water partition coefficient (Wildman–Crippen LogP) is 1.39. The summed E-state index contributed by atoms with van der Waals surface area (Å²) in [5, 5.41) is 3.04. The second-order valence-electron chi connectivity index (χ2n) is 4.75. The van der Waals surface area contributed by atoms with Crippen LogP contribution in [0.5, 0.6) is 0 Å². The quantitative estimate of drug-likeness (QED) is 0.732. The topological polar surface area (TPSA) is 32.3 Å². The summed E-state index contributed by atoms with van der Waals surface area (Å²) in [5.74, 6) is -7.45. The first kappa shape index (κ1) is 13.5. The summed E-state index contributed by atoms with van der Waals surface area (Å²) in [4.78, 5) is 11.9. The molecule has 1 amide bonds. The highest BCUT2D eigenvalue weighted by Gasteiger charge is 2.65. The number of rotatable bonds is 1. The third-order valence-electron chi connectivity index (χ3n) is 3.51. The smallest absolute Gasteiger partial charge is 0.335 e. The number of carbonyl (C=O) groups excluding carboxylic acids is 1. The Bertz CT molecular complexity index is 330. The van der Waals surface area contributed by atoms with Gasteiger partial charge < -0.3 is 10.2 Å². The zero-order valence-electron chi connectivity index (χ0n) is 9.44. The summed E-state index contributed by atoms with van der Waals surface area (Å²) in [6.45, 7) is 0.607. The molecule has 0 aromatic rings. The van der Waals surface area contributed by atoms with Gasteiger partial charge in [-0.3, -0.25) is 4.79 Å². The van der Waals surface area contributed by atoms with Crippen molar-refractivity contribution in [2.24, 2.45) is 5.92 Å². The van der Waals surface area contributed by atoms with Crippen molar-refractivity contribution in [1.29, 1.82) is 0 Å². The summed E-state index contributed by atoms with van der Waals surface area (Å²) in [5.41, 5.74) is 0. The maximum atomic E-state index is 12.9. The first-order valence-electron chi connectivity index (χ1n) is 5.71. The molecular weight excluding hydrogens is 259 g/mol. The average molecular weight is 272 g/mol. The molecule has 2 aliphatic rings. The molecule has 2 rings (SSSR count). The van der Waals surface area contributed by atoms with Crippen LogP contribution >= 0.6 is 0 Å². The Morgan fingerprint density at radius 3 is 2.39 bits per heavy atom. The highest BCUT2D eigenvalue weighted by atomic mass is 19.4. The van der Waals surface area contributed by atoms with E-state index in [-0.39, 0.29) is 25.0 Å². The van der Waals surface area contributed by atoms with Gasteiger partial charge in [0.1, 0.15) is 0 Å². The van der Waals surface area contributed by atoms with E-state index in [0.717, 1.165) is 12.8 Å². The number of halogens is 5. The summed E-state index contributed by atoms with van der Waals surface area (Å²) < 4.78 is 62.1.